The molecule has 0 aliphatic heterocycles. The molecule has 0 atom stereocenters. The quantitative estimate of drug-likeness (QED) is 0.142. The van der Waals surface area contributed by atoms with E-state index in [0.29, 0.717) is 5.92 Å². The summed E-state index contributed by atoms with van der Waals surface area (Å²) in [5.74, 6) is 1.23. The second kappa shape index (κ2) is 37.1. The first-order valence-corrected chi connectivity index (χ1v) is 24.5. The van der Waals surface area contributed by atoms with E-state index in [-0.39, 0.29) is 101 Å². The number of aromatic nitrogens is 10. The third kappa shape index (κ3) is 21.5. The molecule has 0 aliphatic carbocycles. The van der Waals surface area contributed by atoms with Crippen LogP contribution in [0.3, 0.4) is 0 Å². The van der Waals surface area contributed by atoms with Crippen LogP contribution in [0.15, 0.2) is 195 Å². The van der Waals surface area contributed by atoms with E-state index in [2.05, 4.69) is 106 Å². The van der Waals surface area contributed by atoms with Crippen molar-refractivity contribution < 1.29 is 101 Å². The van der Waals surface area contributed by atoms with E-state index in [9.17, 15) is 0 Å². The summed E-state index contributed by atoms with van der Waals surface area (Å²) in [6.07, 6.45) is 6.40. The van der Waals surface area contributed by atoms with Crippen molar-refractivity contribution >= 4 is 0 Å². The Morgan fingerprint density at radius 1 is 0.350 bits per heavy atom. The van der Waals surface area contributed by atoms with Crippen LogP contribution in [0.1, 0.15) is 59.6 Å². The molecule has 0 amide bonds. The molecular weight excluding hydrogens is 1880 g/mol. The SMILES string of the molecule is CC(C)c1cc(-c2[c-]cccc2)ncn1.Cc1cc(-c2[c-]cccc2)nc(C)n1.Cc1cc(-c2[c-]cccc2)ncn1.Cc1ncnc(-c2[c-]cccc2)c1-c1ccccc1.Cc1ncnc(-c2[c-]cccc2)c1C.[Ir].[Ir].[Ir].[Ir].[Ir]. The maximum Gasteiger partial charge on any atom is 0.116 e. The molecule has 417 valence electrons. The van der Waals surface area contributed by atoms with Crippen LogP contribution in [0.4, 0.5) is 0 Å². The molecule has 80 heavy (non-hydrogen) atoms. The third-order valence-corrected chi connectivity index (χ3v) is 11.4. The molecule has 10 nitrogen and oxygen atoms in total. The van der Waals surface area contributed by atoms with E-state index >= 15 is 0 Å². The van der Waals surface area contributed by atoms with Crippen molar-refractivity contribution in [2.45, 2.75) is 61.3 Å². The van der Waals surface area contributed by atoms with Crippen LogP contribution in [-0.2, 0) is 101 Å². The Kier molecular flexibility index (Phi) is 32.5. The summed E-state index contributed by atoms with van der Waals surface area (Å²) < 4.78 is 0. The van der Waals surface area contributed by atoms with E-state index in [1.807, 2.05) is 199 Å². The summed E-state index contributed by atoms with van der Waals surface area (Å²) in [5.41, 5.74) is 18.1. The Hall–Kier alpha value is -6.03. The summed E-state index contributed by atoms with van der Waals surface area (Å²) in [4.78, 5) is 42.5. The van der Waals surface area contributed by atoms with E-state index in [0.717, 1.165) is 107 Å². The first-order chi connectivity index (χ1) is 36.5. The zero-order valence-corrected chi connectivity index (χ0v) is 57.2. The van der Waals surface area contributed by atoms with Crippen LogP contribution < -0.4 is 0 Å². The van der Waals surface area contributed by atoms with Crippen LogP contribution in [0.25, 0.3) is 67.4 Å². The van der Waals surface area contributed by atoms with Gasteiger partial charge in [-0.3, -0.25) is 24.9 Å². The number of nitrogens with zero attached hydrogens (tertiary/aromatic N) is 10. The van der Waals surface area contributed by atoms with Crippen LogP contribution in [0.2, 0.25) is 0 Å². The van der Waals surface area contributed by atoms with Gasteiger partial charge < -0.3 is 0 Å². The molecular formula is C65H57Ir5N10-5. The topological polar surface area (TPSA) is 129 Å². The summed E-state index contributed by atoms with van der Waals surface area (Å²) in [6.45, 7) is 16.1. The van der Waals surface area contributed by atoms with Crippen molar-refractivity contribution in [1.29, 1.82) is 0 Å². The van der Waals surface area contributed by atoms with Gasteiger partial charge in [0, 0.05) is 129 Å². The molecule has 0 N–H and O–H groups in total. The summed E-state index contributed by atoms with van der Waals surface area (Å²) in [6, 6.07) is 71.2. The number of benzene rings is 6. The molecule has 11 aromatic rings. The average Bonchev–Trinajstić information content (AvgIpc) is 3.46. The van der Waals surface area contributed by atoms with Crippen LogP contribution in [0, 0.1) is 71.9 Å². The standard InChI is InChI=1S/C17H13N2.C13H13N2.2C12H11N2.C11H9N2.5Ir/c1-13-16(14-8-4-2-5-9-14)17(19-12-18-13)15-10-6-3-7-11-15;1-10(2)12-8-13(15-9-14-12)11-6-4-3-5-7-11;1-9-10(2)13-8-14-12(9)11-6-4-3-5-7-11;1-9-8-12(14-10(2)13-9)11-6-4-3-5-7-11;1-9-7-11(13-8-12-9)10-5-3-2-4-6-10;;;;;/h2-10,12H,1H3;3-6,8-10H,1-2H3;2*3-6,8H,1-2H3;2-5,7-8H,1H3;;;;;/q5*-1;;;;;. The minimum atomic E-state index is 0. The van der Waals surface area contributed by atoms with Crippen LogP contribution in [-0.4, -0.2) is 49.8 Å². The smallest absolute Gasteiger partial charge is 0.116 e. The maximum atomic E-state index is 4.44. The van der Waals surface area contributed by atoms with Crippen LogP contribution >= 0.6 is 0 Å². The summed E-state index contributed by atoms with van der Waals surface area (Å²) in [7, 11) is 0. The maximum absolute atomic E-state index is 4.44. The van der Waals surface area contributed by atoms with Gasteiger partial charge in [-0.05, 0) is 92.6 Å². The van der Waals surface area contributed by atoms with Crippen molar-refractivity contribution in [3.05, 3.63) is 265 Å². The second-order valence-corrected chi connectivity index (χ2v) is 17.3. The molecule has 0 aliphatic rings. The zero-order chi connectivity index (χ0) is 52.8. The molecule has 0 unspecified atom stereocenters. The first-order valence-electron chi connectivity index (χ1n) is 24.5. The second-order valence-electron chi connectivity index (χ2n) is 17.3. The first kappa shape index (κ1) is 70.1. The van der Waals surface area contributed by atoms with Gasteiger partial charge in [-0.15, -0.1) is 179 Å². The van der Waals surface area contributed by atoms with Gasteiger partial charge in [0.2, 0.25) is 0 Å². The molecule has 0 fully saturated rings. The molecule has 15 heteroatoms. The van der Waals surface area contributed by atoms with Gasteiger partial charge in [0.1, 0.15) is 31.1 Å². The molecule has 5 heterocycles. The normalized spacial score (nSPS) is 9.61. The Bertz CT molecular complexity index is 3460. The Labute approximate surface area is 539 Å². The number of rotatable bonds is 7. The van der Waals surface area contributed by atoms with Gasteiger partial charge in [0.05, 0.1) is 0 Å². The number of hydrogen-bond donors (Lipinski definition) is 0. The number of aryl methyl sites for hydroxylation is 5. The fraction of sp³-hybridized carbons (Fsp3) is 0.138. The van der Waals surface area contributed by atoms with Crippen LogP contribution in [0.5, 0.6) is 0 Å². The Morgan fingerprint density at radius 3 is 1.24 bits per heavy atom. The van der Waals surface area contributed by atoms with Gasteiger partial charge in [0.25, 0.3) is 0 Å². The summed E-state index contributed by atoms with van der Waals surface area (Å²) in [5, 5.41) is 0. The molecule has 6 aromatic carbocycles. The molecule has 0 bridgehead atoms. The van der Waals surface area contributed by atoms with Gasteiger partial charge in [-0.2, -0.15) is 0 Å². The number of hydrogen-bond acceptors (Lipinski definition) is 10. The van der Waals surface area contributed by atoms with Gasteiger partial charge in [-0.1, -0.05) is 62.4 Å². The minimum absolute atomic E-state index is 0. The molecule has 0 spiro atoms. The summed E-state index contributed by atoms with van der Waals surface area (Å²) >= 11 is 0. The molecule has 5 radical (unpaired) electrons. The van der Waals surface area contributed by atoms with Crippen molar-refractivity contribution in [3.8, 4) is 67.4 Å². The zero-order valence-electron chi connectivity index (χ0n) is 45.2. The molecule has 0 saturated carbocycles. The van der Waals surface area contributed by atoms with E-state index < -0.39 is 0 Å². The van der Waals surface area contributed by atoms with Gasteiger partial charge >= 0.3 is 0 Å². The van der Waals surface area contributed by atoms with Crippen molar-refractivity contribution in [2.75, 3.05) is 0 Å². The molecule has 5 aromatic heterocycles. The molecule has 0 saturated heterocycles. The van der Waals surface area contributed by atoms with Gasteiger partial charge in [-0.25, -0.2) is 24.9 Å². The Morgan fingerprint density at radius 2 is 0.762 bits per heavy atom. The van der Waals surface area contributed by atoms with Crippen molar-refractivity contribution in [3.63, 3.8) is 0 Å². The third-order valence-electron chi connectivity index (χ3n) is 11.4. The van der Waals surface area contributed by atoms with Crippen molar-refractivity contribution in [1.82, 2.24) is 49.8 Å². The van der Waals surface area contributed by atoms with Gasteiger partial charge in [0.15, 0.2) is 0 Å². The predicted octanol–water partition coefficient (Wildman–Crippen LogP) is 14.3. The van der Waals surface area contributed by atoms with E-state index in [4.69, 9.17) is 0 Å². The fourth-order valence-electron chi connectivity index (χ4n) is 7.47. The van der Waals surface area contributed by atoms with E-state index in [1.54, 1.807) is 25.3 Å². The Balaban J connectivity index is 0.000000339. The fourth-order valence-corrected chi connectivity index (χ4v) is 7.47. The monoisotopic (exact) mass is 1940 g/mol. The predicted molar refractivity (Wildman–Crippen MR) is 299 cm³/mol. The average molecular weight is 1940 g/mol. The minimum Gasteiger partial charge on any atom is -0.286 e. The van der Waals surface area contributed by atoms with E-state index in [1.165, 1.54) is 0 Å². The van der Waals surface area contributed by atoms with Crippen molar-refractivity contribution in [2.24, 2.45) is 0 Å². The largest absolute Gasteiger partial charge is 0.286 e. The molecule has 11 rings (SSSR count).